The number of benzene rings is 2. The number of carbonyl (C=O) groups is 2. The molecule has 6 heteroatoms. The molecule has 0 aliphatic heterocycles. The third kappa shape index (κ3) is 5.43. The molecule has 30 heavy (non-hydrogen) atoms. The summed E-state index contributed by atoms with van der Waals surface area (Å²) in [5.74, 6) is -0.908. The highest BCUT2D eigenvalue weighted by molar-refractivity contribution is 5.80. The third-order valence-electron chi connectivity index (χ3n) is 5.96. The van der Waals surface area contributed by atoms with Gasteiger partial charge in [-0.05, 0) is 48.2 Å². The summed E-state index contributed by atoms with van der Waals surface area (Å²) < 4.78 is 26.9. The Labute approximate surface area is 176 Å². The second kappa shape index (κ2) is 9.83. The summed E-state index contributed by atoms with van der Waals surface area (Å²) >= 11 is 0. The van der Waals surface area contributed by atoms with E-state index in [9.17, 15) is 18.4 Å². The van der Waals surface area contributed by atoms with E-state index in [1.807, 2.05) is 0 Å². The first-order valence-corrected chi connectivity index (χ1v) is 10.4. The second-order valence-corrected chi connectivity index (χ2v) is 8.04. The Morgan fingerprint density at radius 3 is 1.57 bits per heavy atom. The zero-order valence-corrected chi connectivity index (χ0v) is 17.5. The Hall–Kier alpha value is -2.76. The van der Waals surface area contributed by atoms with Crippen LogP contribution in [0, 0.1) is 11.6 Å². The minimum Gasteiger partial charge on any atom is -0.340 e. The first-order chi connectivity index (χ1) is 14.3. The van der Waals surface area contributed by atoms with Gasteiger partial charge in [0.1, 0.15) is 11.6 Å². The number of carbonyl (C=O) groups excluding carboxylic acids is 2. The van der Waals surface area contributed by atoms with Crippen LogP contribution in [0.3, 0.4) is 0 Å². The van der Waals surface area contributed by atoms with E-state index in [0.29, 0.717) is 11.1 Å². The predicted octanol–water partition coefficient (Wildman–Crippen LogP) is 3.98. The predicted molar refractivity (Wildman–Crippen MR) is 112 cm³/mol. The minimum atomic E-state index is -0.360. The first kappa shape index (κ1) is 21.9. The SMILES string of the molecule is CN(C(=O)Cc1cccc(F)c1)[C@@H]1CCCC[C@@H]1N(C)C(=O)Cc1cccc(F)c1. The lowest BCUT2D eigenvalue weighted by Gasteiger charge is -2.42. The van der Waals surface area contributed by atoms with Crippen molar-refractivity contribution in [1.29, 1.82) is 0 Å². The molecule has 2 atom stereocenters. The molecule has 0 heterocycles. The maximum absolute atomic E-state index is 13.4. The van der Waals surface area contributed by atoms with Gasteiger partial charge in [0.05, 0.1) is 24.9 Å². The number of rotatable bonds is 6. The molecule has 1 aliphatic rings. The largest absolute Gasteiger partial charge is 0.340 e. The Morgan fingerprint density at radius 1 is 0.800 bits per heavy atom. The van der Waals surface area contributed by atoms with Crippen molar-refractivity contribution in [3.63, 3.8) is 0 Å². The minimum absolute atomic E-state index is 0.0940. The van der Waals surface area contributed by atoms with Crippen molar-refractivity contribution < 1.29 is 18.4 Å². The number of hydrogen-bond acceptors (Lipinski definition) is 2. The molecular formula is C24H28F2N2O2. The molecule has 4 nitrogen and oxygen atoms in total. The number of likely N-dealkylation sites (N-methyl/N-ethyl adjacent to an activating group) is 2. The lowest BCUT2D eigenvalue weighted by molar-refractivity contribution is -0.139. The summed E-state index contributed by atoms with van der Waals surface area (Å²) in [6.07, 6.45) is 3.85. The lowest BCUT2D eigenvalue weighted by Crippen LogP contribution is -2.54. The van der Waals surface area contributed by atoms with Crippen LogP contribution in [0.4, 0.5) is 8.78 Å². The molecule has 0 unspecified atom stereocenters. The van der Waals surface area contributed by atoms with Crippen molar-refractivity contribution in [1.82, 2.24) is 9.80 Å². The number of hydrogen-bond donors (Lipinski definition) is 0. The van der Waals surface area contributed by atoms with Crippen molar-refractivity contribution >= 4 is 11.8 Å². The monoisotopic (exact) mass is 414 g/mol. The standard InChI is InChI=1S/C24H28F2N2O2/c1-27(23(29)15-17-7-5-9-19(25)13-17)21-11-3-4-12-22(21)28(2)24(30)16-18-8-6-10-20(26)14-18/h5-10,13-14,21-22H,3-4,11-12,15-16H2,1-2H3/t21-,22+. The number of amides is 2. The highest BCUT2D eigenvalue weighted by atomic mass is 19.1. The summed E-state index contributed by atoms with van der Waals surface area (Å²) in [5, 5.41) is 0. The highest BCUT2D eigenvalue weighted by Gasteiger charge is 2.35. The zero-order valence-electron chi connectivity index (χ0n) is 17.5. The van der Waals surface area contributed by atoms with E-state index in [1.165, 1.54) is 24.3 Å². The van der Waals surface area contributed by atoms with Gasteiger partial charge < -0.3 is 9.80 Å². The van der Waals surface area contributed by atoms with E-state index >= 15 is 0 Å². The van der Waals surface area contributed by atoms with E-state index in [-0.39, 0.29) is 48.4 Å². The third-order valence-corrected chi connectivity index (χ3v) is 5.96. The van der Waals surface area contributed by atoms with Gasteiger partial charge in [-0.1, -0.05) is 37.1 Å². The molecule has 0 radical (unpaired) electrons. The molecule has 160 valence electrons. The van der Waals surface area contributed by atoms with Crippen molar-refractivity contribution in [2.24, 2.45) is 0 Å². The molecule has 2 aromatic carbocycles. The number of nitrogens with zero attached hydrogens (tertiary/aromatic N) is 2. The Bertz CT molecular complexity index is 829. The fraction of sp³-hybridized carbons (Fsp3) is 0.417. The molecule has 0 N–H and O–H groups in total. The van der Waals surface area contributed by atoms with Gasteiger partial charge in [0.2, 0.25) is 11.8 Å². The van der Waals surface area contributed by atoms with Crippen LogP contribution < -0.4 is 0 Å². The van der Waals surface area contributed by atoms with E-state index in [1.54, 1.807) is 48.2 Å². The van der Waals surface area contributed by atoms with E-state index in [2.05, 4.69) is 0 Å². The van der Waals surface area contributed by atoms with Crippen LogP contribution in [0.25, 0.3) is 0 Å². The van der Waals surface area contributed by atoms with Gasteiger partial charge in [-0.15, -0.1) is 0 Å². The van der Waals surface area contributed by atoms with E-state index in [4.69, 9.17) is 0 Å². The van der Waals surface area contributed by atoms with Gasteiger partial charge in [0, 0.05) is 14.1 Å². The van der Waals surface area contributed by atoms with Crippen LogP contribution in [0.1, 0.15) is 36.8 Å². The van der Waals surface area contributed by atoms with Crippen molar-refractivity contribution in [3.05, 3.63) is 71.3 Å². The summed E-state index contributed by atoms with van der Waals surface area (Å²) in [6.45, 7) is 0. The summed E-state index contributed by atoms with van der Waals surface area (Å²) in [7, 11) is 3.52. The maximum atomic E-state index is 13.4. The molecule has 2 aromatic rings. The van der Waals surface area contributed by atoms with Gasteiger partial charge in [-0.3, -0.25) is 9.59 Å². The Balaban J connectivity index is 1.68. The second-order valence-electron chi connectivity index (χ2n) is 8.04. The Morgan fingerprint density at radius 2 is 1.20 bits per heavy atom. The molecule has 1 fully saturated rings. The van der Waals surface area contributed by atoms with Crippen molar-refractivity contribution in [3.8, 4) is 0 Å². The molecule has 3 rings (SSSR count). The fourth-order valence-corrected chi connectivity index (χ4v) is 4.26. The highest BCUT2D eigenvalue weighted by Crippen LogP contribution is 2.27. The topological polar surface area (TPSA) is 40.6 Å². The molecule has 0 aromatic heterocycles. The normalized spacial score (nSPS) is 18.7. The molecule has 0 saturated heterocycles. The first-order valence-electron chi connectivity index (χ1n) is 10.4. The van der Waals surface area contributed by atoms with Crippen LogP contribution in [0.2, 0.25) is 0 Å². The average molecular weight is 414 g/mol. The smallest absolute Gasteiger partial charge is 0.227 e. The molecule has 2 amide bonds. The molecule has 0 bridgehead atoms. The number of halogens is 2. The molecule has 0 spiro atoms. The zero-order chi connectivity index (χ0) is 21.7. The van der Waals surface area contributed by atoms with Gasteiger partial charge in [-0.25, -0.2) is 8.78 Å². The van der Waals surface area contributed by atoms with Gasteiger partial charge in [0.15, 0.2) is 0 Å². The van der Waals surface area contributed by atoms with Gasteiger partial charge in [0.25, 0.3) is 0 Å². The fourth-order valence-electron chi connectivity index (χ4n) is 4.26. The Kier molecular flexibility index (Phi) is 7.19. The molecular weight excluding hydrogens is 386 g/mol. The van der Waals surface area contributed by atoms with Crippen LogP contribution in [-0.4, -0.2) is 47.8 Å². The van der Waals surface area contributed by atoms with E-state index < -0.39 is 0 Å². The average Bonchev–Trinajstić information content (AvgIpc) is 2.72. The van der Waals surface area contributed by atoms with Crippen LogP contribution >= 0.6 is 0 Å². The van der Waals surface area contributed by atoms with Gasteiger partial charge in [-0.2, -0.15) is 0 Å². The van der Waals surface area contributed by atoms with Crippen molar-refractivity contribution in [2.45, 2.75) is 50.6 Å². The molecule has 1 aliphatic carbocycles. The summed E-state index contributed by atoms with van der Waals surface area (Å²) in [4.78, 5) is 29.1. The van der Waals surface area contributed by atoms with Crippen LogP contribution in [-0.2, 0) is 22.4 Å². The van der Waals surface area contributed by atoms with Crippen LogP contribution in [0.15, 0.2) is 48.5 Å². The van der Waals surface area contributed by atoms with E-state index in [0.717, 1.165) is 25.7 Å². The van der Waals surface area contributed by atoms with Crippen LogP contribution in [0.5, 0.6) is 0 Å². The summed E-state index contributed by atoms with van der Waals surface area (Å²) in [6, 6.07) is 11.9. The van der Waals surface area contributed by atoms with Crippen molar-refractivity contribution in [2.75, 3.05) is 14.1 Å². The quantitative estimate of drug-likeness (QED) is 0.718. The summed E-state index contributed by atoms with van der Waals surface area (Å²) in [5.41, 5.74) is 1.27. The van der Waals surface area contributed by atoms with Gasteiger partial charge >= 0.3 is 0 Å². The lowest BCUT2D eigenvalue weighted by atomic mass is 9.87. The maximum Gasteiger partial charge on any atom is 0.227 e. The molecule has 1 saturated carbocycles.